The molecule has 0 saturated carbocycles. The van der Waals surface area contributed by atoms with Gasteiger partial charge in [-0.2, -0.15) is 0 Å². The number of rotatable bonds is 3. The molecule has 0 bridgehead atoms. The molecule has 1 unspecified atom stereocenters. The van der Waals surface area contributed by atoms with E-state index in [0.717, 1.165) is 11.3 Å². The average molecular weight is 233 g/mol. The highest BCUT2D eigenvalue weighted by Crippen LogP contribution is 2.39. The molecule has 1 aromatic rings. The first-order chi connectivity index (χ1) is 8.10. The van der Waals surface area contributed by atoms with Crippen molar-refractivity contribution < 1.29 is 14.7 Å². The molecule has 1 aliphatic heterocycles. The maximum Gasteiger partial charge on any atom is 0.335 e. The van der Waals surface area contributed by atoms with E-state index in [4.69, 9.17) is 5.11 Å². The molecule has 4 heteroatoms. The number of aromatic carboxylic acids is 1. The molecule has 1 N–H and O–H groups in total. The second-order valence-corrected chi connectivity index (χ2v) is 4.12. The van der Waals surface area contributed by atoms with Crippen molar-refractivity contribution in [3.8, 4) is 0 Å². The largest absolute Gasteiger partial charge is 0.478 e. The summed E-state index contributed by atoms with van der Waals surface area (Å²) in [5, 5.41) is 8.97. The number of anilines is 1. The molecule has 90 valence electrons. The number of likely N-dealkylation sites (N-methyl/N-ethyl adjacent to an activating group) is 1. The van der Waals surface area contributed by atoms with E-state index in [2.05, 4.69) is 0 Å². The van der Waals surface area contributed by atoms with Crippen LogP contribution in [-0.4, -0.2) is 23.5 Å². The third-order valence-electron chi connectivity index (χ3n) is 3.23. The predicted octanol–water partition coefficient (Wildman–Crippen LogP) is 2.24. The first kappa shape index (κ1) is 11.6. The van der Waals surface area contributed by atoms with E-state index in [1.165, 1.54) is 0 Å². The van der Waals surface area contributed by atoms with Crippen LogP contribution in [0, 0.1) is 0 Å². The van der Waals surface area contributed by atoms with Gasteiger partial charge in [0.25, 0.3) is 0 Å². The Balaban J connectivity index is 2.54. The first-order valence-electron chi connectivity index (χ1n) is 5.78. The summed E-state index contributed by atoms with van der Waals surface area (Å²) >= 11 is 0. The van der Waals surface area contributed by atoms with Crippen molar-refractivity contribution in [1.29, 1.82) is 0 Å². The second-order valence-electron chi connectivity index (χ2n) is 4.12. The number of hydrogen-bond acceptors (Lipinski definition) is 2. The number of carbonyl (C=O) groups excluding carboxylic acids is 1. The summed E-state index contributed by atoms with van der Waals surface area (Å²) in [5.74, 6) is -1.07. The quantitative estimate of drug-likeness (QED) is 0.871. The summed E-state index contributed by atoms with van der Waals surface area (Å²) in [6, 6.07) is 4.91. The lowest BCUT2D eigenvalue weighted by Crippen LogP contribution is -2.28. The van der Waals surface area contributed by atoms with Gasteiger partial charge in [-0.3, -0.25) is 4.79 Å². The highest BCUT2D eigenvalue weighted by Gasteiger charge is 2.35. The average Bonchev–Trinajstić information content (AvgIpc) is 2.58. The molecule has 4 nitrogen and oxygen atoms in total. The van der Waals surface area contributed by atoms with Crippen LogP contribution in [0.1, 0.15) is 42.1 Å². The van der Waals surface area contributed by atoms with Gasteiger partial charge in [-0.05, 0) is 37.1 Å². The lowest BCUT2D eigenvalue weighted by Gasteiger charge is -2.14. The number of fused-ring (bicyclic) bond motifs is 1. The van der Waals surface area contributed by atoms with Crippen LogP contribution < -0.4 is 4.90 Å². The monoisotopic (exact) mass is 233 g/mol. The van der Waals surface area contributed by atoms with Gasteiger partial charge in [0.05, 0.1) is 11.5 Å². The Morgan fingerprint density at radius 2 is 2.12 bits per heavy atom. The third kappa shape index (κ3) is 1.69. The number of carboxylic acids is 1. The first-order valence-corrected chi connectivity index (χ1v) is 5.78. The molecule has 1 amide bonds. The molecule has 1 aliphatic rings. The number of hydrogen-bond donors (Lipinski definition) is 1. The SMILES string of the molecule is CCC1C(=O)N(CC)c2ccc(C(=O)O)cc21. The van der Waals surface area contributed by atoms with Gasteiger partial charge in [0, 0.05) is 12.2 Å². The summed E-state index contributed by atoms with van der Waals surface area (Å²) in [6.07, 6.45) is 0.700. The predicted molar refractivity (Wildman–Crippen MR) is 64.5 cm³/mol. The lowest BCUT2D eigenvalue weighted by molar-refractivity contribution is -0.119. The van der Waals surface area contributed by atoms with Crippen LogP contribution in [0.2, 0.25) is 0 Å². The molecular formula is C13H15NO3. The normalized spacial score (nSPS) is 18.4. The number of benzene rings is 1. The topological polar surface area (TPSA) is 57.6 Å². The highest BCUT2D eigenvalue weighted by atomic mass is 16.4. The van der Waals surface area contributed by atoms with Gasteiger partial charge in [-0.1, -0.05) is 6.92 Å². The minimum Gasteiger partial charge on any atom is -0.478 e. The van der Waals surface area contributed by atoms with Crippen molar-refractivity contribution in [1.82, 2.24) is 0 Å². The van der Waals surface area contributed by atoms with Crippen LogP contribution in [0.3, 0.4) is 0 Å². The maximum absolute atomic E-state index is 12.1. The Hall–Kier alpha value is -1.84. The fourth-order valence-corrected chi connectivity index (χ4v) is 2.37. The van der Waals surface area contributed by atoms with Crippen LogP contribution in [0.4, 0.5) is 5.69 Å². The van der Waals surface area contributed by atoms with E-state index in [-0.39, 0.29) is 17.4 Å². The van der Waals surface area contributed by atoms with Gasteiger partial charge in [0.2, 0.25) is 5.91 Å². The van der Waals surface area contributed by atoms with Crippen molar-refractivity contribution in [2.24, 2.45) is 0 Å². The molecule has 0 aliphatic carbocycles. The Morgan fingerprint density at radius 3 is 2.65 bits per heavy atom. The zero-order chi connectivity index (χ0) is 12.6. The molecule has 1 aromatic carbocycles. The van der Waals surface area contributed by atoms with E-state index < -0.39 is 5.97 Å². The van der Waals surface area contributed by atoms with Crippen LogP contribution >= 0.6 is 0 Å². The van der Waals surface area contributed by atoms with E-state index in [1.807, 2.05) is 13.8 Å². The Kier molecular flexibility index (Phi) is 2.88. The molecule has 17 heavy (non-hydrogen) atoms. The summed E-state index contributed by atoms with van der Waals surface area (Å²) in [5.41, 5.74) is 1.95. The van der Waals surface area contributed by atoms with E-state index in [0.29, 0.717) is 13.0 Å². The van der Waals surface area contributed by atoms with Crippen molar-refractivity contribution in [2.45, 2.75) is 26.2 Å². The smallest absolute Gasteiger partial charge is 0.335 e. The van der Waals surface area contributed by atoms with Gasteiger partial charge in [0.1, 0.15) is 0 Å². The zero-order valence-electron chi connectivity index (χ0n) is 9.93. The molecule has 1 heterocycles. The molecule has 0 aromatic heterocycles. The van der Waals surface area contributed by atoms with Crippen molar-refractivity contribution in [3.05, 3.63) is 29.3 Å². The summed E-state index contributed by atoms with van der Waals surface area (Å²) in [6.45, 7) is 4.48. The molecule has 0 saturated heterocycles. The molecule has 0 fully saturated rings. The second kappa shape index (κ2) is 4.20. The Labute approximate surface area is 99.9 Å². The molecule has 0 radical (unpaired) electrons. The molecular weight excluding hydrogens is 218 g/mol. The number of carbonyl (C=O) groups is 2. The Morgan fingerprint density at radius 1 is 1.41 bits per heavy atom. The van der Waals surface area contributed by atoms with E-state index >= 15 is 0 Å². The fourth-order valence-electron chi connectivity index (χ4n) is 2.37. The lowest BCUT2D eigenvalue weighted by atomic mass is 9.96. The molecule has 0 spiro atoms. The zero-order valence-corrected chi connectivity index (χ0v) is 9.93. The number of carboxylic acid groups (broad SMARTS) is 1. The fraction of sp³-hybridized carbons (Fsp3) is 0.385. The molecule has 1 atom stereocenters. The summed E-state index contributed by atoms with van der Waals surface area (Å²) < 4.78 is 0. The van der Waals surface area contributed by atoms with Crippen LogP contribution in [0.5, 0.6) is 0 Å². The van der Waals surface area contributed by atoms with Crippen LogP contribution in [0.15, 0.2) is 18.2 Å². The van der Waals surface area contributed by atoms with Crippen molar-refractivity contribution in [3.63, 3.8) is 0 Å². The van der Waals surface area contributed by atoms with E-state index in [1.54, 1.807) is 23.1 Å². The van der Waals surface area contributed by atoms with Gasteiger partial charge < -0.3 is 10.0 Å². The van der Waals surface area contributed by atoms with Crippen molar-refractivity contribution in [2.75, 3.05) is 11.4 Å². The van der Waals surface area contributed by atoms with Gasteiger partial charge in [-0.25, -0.2) is 4.79 Å². The maximum atomic E-state index is 12.1. The van der Waals surface area contributed by atoms with Gasteiger partial charge >= 0.3 is 5.97 Å². The third-order valence-corrected chi connectivity index (χ3v) is 3.23. The Bertz CT molecular complexity index is 482. The highest BCUT2D eigenvalue weighted by molar-refractivity contribution is 6.05. The van der Waals surface area contributed by atoms with Gasteiger partial charge in [0.15, 0.2) is 0 Å². The summed E-state index contributed by atoms with van der Waals surface area (Å²) in [7, 11) is 0. The standard InChI is InChI=1S/C13H15NO3/c1-3-9-10-7-8(13(16)17)5-6-11(10)14(4-2)12(9)15/h5-7,9H,3-4H2,1-2H3,(H,16,17). The minimum absolute atomic E-state index is 0.0764. The van der Waals surface area contributed by atoms with Crippen LogP contribution in [0.25, 0.3) is 0 Å². The molecule has 2 rings (SSSR count). The van der Waals surface area contributed by atoms with Gasteiger partial charge in [-0.15, -0.1) is 0 Å². The van der Waals surface area contributed by atoms with Crippen molar-refractivity contribution >= 4 is 17.6 Å². The van der Waals surface area contributed by atoms with Crippen LogP contribution in [-0.2, 0) is 4.79 Å². The van der Waals surface area contributed by atoms with E-state index in [9.17, 15) is 9.59 Å². The number of nitrogens with zero attached hydrogens (tertiary/aromatic N) is 1. The number of amides is 1. The minimum atomic E-state index is -0.954. The summed E-state index contributed by atoms with van der Waals surface area (Å²) in [4.78, 5) is 24.7.